The molecule has 0 aliphatic heterocycles. The van der Waals surface area contributed by atoms with Gasteiger partial charge in [-0.15, -0.1) is 11.6 Å². The molecule has 2 nitrogen and oxygen atoms in total. The van der Waals surface area contributed by atoms with Crippen LogP contribution in [0.5, 0.6) is 0 Å². The summed E-state index contributed by atoms with van der Waals surface area (Å²) in [6.45, 7) is 0. The number of halogens is 1. The molecule has 9 heavy (non-hydrogen) atoms. The van der Waals surface area contributed by atoms with Gasteiger partial charge in [0.05, 0.1) is 5.41 Å². The van der Waals surface area contributed by atoms with E-state index in [2.05, 4.69) is 0 Å². The van der Waals surface area contributed by atoms with Gasteiger partial charge in [0.15, 0.2) is 0 Å². The summed E-state index contributed by atoms with van der Waals surface area (Å²) < 4.78 is 0. The van der Waals surface area contributed by atoms with Crippen molar-refractivity contribution < 1.29 is 9.90 Å². The third-order valence-electron chi connectivity index (χ3n) is 2.02. The zero-order chi connectivity index (χ0) is 6.91. The van der Waals surface area contributed by atoms with Crippen molar-refractivity contribution in [1.82, 2.24) is 0 Å². The van der Waals surface area contributed by atoms with Crippen molar-refractivity contribution in [2.24, 2.45) is 5.41 Å². The second-order valence-electron chi connectivity index (χ2n) is 2.57. The standard InChI is InChI=1S/C6H9ClO2/c7-4-6(5(8)9)2-1-3-6/h1-4H2,(H,8,9). The molecule has 1 aliphatic rings. The van der Waals surface area contributed by atoms with E-state index in [4.69, 9.17) is 16.7 Å². The first-order valence-corrected chi connectivity index (χ1v) is 3.54. The summed E-state index contributed by atoms with van der Waals surface area (Å²) in [7, 11) is 0. The van der Waals surface area contributed by atoms with Gasteiger partial charge in [0.1, 0.15) is 0 Å². The number of rotatable bonds is 2. The molecule has 0 saturated heterocycles. The quantitative estimate of drug-likeness (QED) is 0.603. The Hall–Kier alpha value is -0.240. The Labute approximate surface area is 58.8 Å². The van der Waals surface area contributed by atoms with Gasteiger partial charge in [-0.1, -0.05) is 6.42 Å². The smallest absolute Gasteiger partial charge is 0.310 e. The monoisotopic (exact) mass is 148 g/mol. The van der Waals surface area contributed by atoms with Crippen molar-refractivity contribution in [2.75, 3.05) is 5.88 Å². The van der Waals surface area contributed by atoms with Gasteiger partial charge in [-0.25, -0.2) is 0 Å². The van der Waals surface area contributed by atoms with E-state index in [-0.39, 0.29) is 5.88 Å². The largest absolute Gasteiger partial charge is 0.481 e. The van der Waals surface area contributed by atoms with Crippen LogP contribution in [0, 0.1) is 5.41 Å². The van der Waals surface area contributed by atoms with Crippen LogP contribution in [0.3, 0.4) is 0 Å². The lowest BCUT2D eigenvalue weighted by molar-refractivity contribution is -0.152. The fraction of sp³-hybridized carbons (Fsp3) is 0.833. The van der Waals surface area contributed by atoms with Crippen molar-refractivity contribution in [3.05, 3.63) is 0 Å². The van der Waals surface area contributed by atoms with Gasteiger partial charge in [0.2, 0.25) is 0 Å². The third-order valence-corrected chi connectivity index (χ3v) is 2.53. The minimum absolute atomic E-state index is 0.266. The number of alkyl halides is 1. The van der Waals surface area contributed by atoms with Crippen molar-refractivity contribution >= 4 is 17.6 Å². The maximum atomic E-state index is 10.5. The number of carbonyl (C=O) groups is 1. The molecule has 1 N–H and O–H groups in total. The zero-order valence-corrected chi connectivity index (χ0v) is 5.82. The van der Waals surface area contributed by atoms with Crippen LogP contribution >= 0.6 is 11.6 Å². The molecule has 0 aromatic carbocycles. The molecule has 0 atom stereocenters. The maximum absolute atomic E-state index is 10.5. The fourth-order valence-electron chi connectivity index (χ4n) is 1.01. The molecule has 52 valence electrons. The second kappa shape index (κ2) is 2.18. The van der Waals surface area contributed by atoms with Gasteiger partial charge in [-0.05, 0) is 12.8 Å². The van der Waals surface area contributed by atoms with E-state index in [9.17, 15) is 4.79 Å². The molecule has 0 aromatic heterocycles. The first-order valence-electron chi connectivity index (χ1n) is 3.01. The minimum Gasteiger partial charge on any atom is -0.481 e. The highest BCUT2D eigenvalue weighted by molar-refractivity contribution is 6.19. The van der Waals surface area contributed by atoms with Gasteiger partial charge < -0.3 is 5.11 Å². The van der Waals surface area contributed by atoms with Crippen molar-refractivity contribution in [3.8, 4) is 0 Å². The lowest BCUT2D eigenvalue weighted by Gasteiger charge is -2.35. The number of carboxylic acids is 1. The summed E-state index contributed by atoms with van der Waals surface area (Å²) in [5.74, 6) is -0.466. The minimum atomic E-state index is -0.733. The topological polar surface area (TPSA) is 37.3 Å². The highest BCUT2D eigenvalue weighted by atomic mass is 35.5. The highest BCUT2D eigenvalue weighted by Gasteiger charge is 2.43. The Morgan fingerprint density at radius 2 is 2.22 bits per heavy atom. The van der Waals surface area contributed by atoms with Crippen LogP contribution in [0.2, 0.25) is 0 Å². The zero-order valence-electron chi connectivity index (χ0n) is 5.06. The van der Waals surface area contributed by atoms with Crippen molar-refractivity contribution in [1.29, 1.82) is 0 Å². The molecule has 3 heteroatoms. The van der Waals surface area contributed by atoms with Crippen LogP contribution in [0.1, 0.15) is 19.3 Å². The normalized spacial score (nSPS) is 22.8. The molecule has 1 fully saturated rings. The first kappa shape index (κ1) is 6.87. The number of carboxylic acid groups (broad SMARTS) is 1. The Morgan fingerprint density at radius 3 is 2.22 bits per heavy atom. The lowest BCUT2D eigenvalue weighted by Crippen LogP contribution is -2.39. The molecular weight excluding hydrogens is 140 g/mol. The van der Waals surface area contributed by atoms with Crippen LogP contribution in [0.4, 0.5) is 0 Å². The SMILES string of the molecule is O=C(O)C1(CCl)CCC1. The molecule has 1 saturated carbocycles. The Morgan fingerprint density at radius 1 is 1.67 bits per heavy atom. The maximum Gasteiger partial charge on any atom is 0.310 e. The van der Waals surface area contributed by atoms with Gasteiger partial charge in [-0.3, -0.25) is 4.79 Å². The summed E-state index contributed by atoms with van der Waals surface area (Å²) in [5, 5.41) is 8.60. The Balaban J connectivity index is 2.57. The molecule has 0 heterocycles. The highest BCUT2D eigenvalue weighted by Crippen LogP contribution is 2.41. The van der Waals surface area contributed by atoms with Crippen LogP contribution in [0.15, 0.2) is 0 Å². The van der Waals surface area contributed by atoms with Gasteiger partial charge in [-0.2, -0.15) is 0 Å². The predicted molar refractivity (Wildman–Crippen MR) is 34.6 cm³/mol. The van der Waals surface area contributed by atoms with Crippen LogP contribution < -0.4 is 0 Å². The number of aliphatic carboxylic acids is 1. The van der Waals surface area contributed by atoms with E-state index in [1.54, 1.807) is 0 Å². The summed E-state index contributed by atoms with van der Waals surface area (Å²) in [6, 6.07) is 0. The summed E-state index contributed by atoms with van der Waals surface area (Å²) in [6.07, 6.45) is 2.52. The van der Waals surface area contributed by atoms with Crippen molar-refractivity contribution in [3.63, 3.8) is 0 Å². The lowest BCUT2D eigenvalue weighted by atomic mass is 9.70. The first-order chi connectivity index (χ1) is 4.21. The molecule has 0 radical (unpaired) electrons. The van der Waals surface area contributed by atoms with Crippen molar-refractivity contribution in [2.45, 2.75) is 19.3 Å². The van der Waals surface area contributed by atoms with E-state index in [0.717, 1.165) is 19.3 Å². The Kier molecular flexibility index (Phi) is 1.66. The van der Waals surface area contributed by atoms with E-state index in [0.29, 0.717) is 0 Å². The number of hydrogen-bond acceptors (Lipinski definition) is 1. The van der Waals surface area contributed by atoms with Crippen LogP contribution in [0.25, 0.3) is 0 Å². The molecule has 0 unspecified atom stereocenters. The number of hydrogen-bond donors (Lipinski definition) is 1. The van der Waals surface area contributed by atoms with Gasteiger partial charge >= 0.3 is 5.97 Å². The molecule has 0 bridgehead atoms. The van der Waals surface area contributed by atoms with E-state index in [1.807, 2.05) is 0 Å². The van der Waals surface area contributed by atoms with E-state index < -0.39 is 11.4 Å². The fourth-order valence-corrected chi connectivity index (χ4v) is 1.39. The second-order valence-corrected chi connectivity index (χ2v) is 2.84. The van der Waals surface area contributed by atoms with Gasteiger partial charge in [0, 0.05) is 5.88 Å². The molecule has 1 aliphatic carbocycles. The van der Waals surface area contributed by atoms with E-state index >= 15 is 0 Å². The molecule has 0 amide bonds. The average Bonchev–Trinajstić information content (AvgIpc) is 1.62. The third kappa shape index (κ3) is 0.917. The molecule has 1 rings (SSSR count). The Bertz CT molecular complexity index is 124. The summed E-state index contributed by atoms with van der Waals surface area (Å²) in [5.41, 5.74) is -0.554. The van der Waals surface area contributed by atoms with Gasteiger partial charge in [0.25, 0.3) is 0 Å². The summed E-state index contributed by atoms with van der Waals surface area (Å²) >= 11 is 5.47. The molecule has 0 spiro atoms. The summed E-state index contributed by atoms with van der Waals surface area (Å²) in [4.78, 5) is 10.5. The van der Waals surface area contributed by atoms with Crippen LogP contribution in [-0.4, -0.2) is 17.0 Å². The van der Waals surface area contributed by atoms with Crippen LogP contribution in [-0.2, 0) is 4.79 Å². The molecular formula is C6H9ClO2. The predicted octanol–water partition coefficient (Wildman–Crippen LogP) is 1.48. The van der Waals surface area contributed by atoms with E-state index in [1.165, 1.54) is 0 Å². The average molecular weight is 149 g/mol. The molecule has 0 aromatic rings.